The van der Waals surface area contributed by atoms with Gasteiger partial charge < -0.3 is 30.1 Å². The SMILES string of the molecule is C[C@H]1CN(c2cc(F)c(-c3cnc(N4CCC(C)(O)CC4)nc3)cc2NC(=O)c2c[nH]c(=O)cc2C(F)(F)F)CCN1C. The highest BCUT2D eigenvalue weighted by Crippen LogP contribution is 2.37. The van der Waals surface area contributed by atoms with Gasteiger partial charge in [0, 0.05) is 74.5 Å². The third-order valence-corrected chi connectivity index (χ3v) is 8.18. The minimum atomic E-state index is -4.95. The lowest BCUT2D eigenvalue weighted by atomic mass is 9.94. The number of aromatic amines is 1. The number of piperidine rings is 1. The summed E-state index contributed by atoms with van der Waals surface area (Å²) in [5, 5.41) is 12.8. The van der Waals surface area contributed by atoms with Crippen LogP contribution in [0.5, 0.6) is 0 Å². The zero-order chi connectivity index (χ0) is 31.1. The van der Waals surface area contributed by atoms with Crippen LogP contribution in [0.3, 0.4) is 0 Å². The fourth-order valence-electron chi connectivity index (χ4n) is 5.31. The number of halogens is 4. The van der Waals surface area contributed by atoms with Gasteiger partial charge in [-0.15, -0.1) is 0 Å². The number of rotatable bonds is 5. The fraction of sp³-hybridized carbons (Fsp3) is 0.448. The lowest BCUT2D eigenvalue weighted by Crippen LogP contribution is -2.50. The number of alkyl halides is 3. The number of likely N-dealkylation sites (N-methyl/N-ethyl adjacent to an activating group) is 1. The Morgan fingerprint density at radius 3 is 2.40 bits per heavy atom. The van der Waals surface area contributed by atoms with E-state index >= 15 is 4.39 Å². The molecule has 0 radical (unpaired) electrons. The molecule has 10 nitrogen and oxygen atoms in total. The predicted octanol–water partition coefficient (Wildman–Crippen LogP) is 3.73. The van der Waals surface area contributed by atoms with Crippen LogP contribution < -0.4 is 20.7 Å². The van der Waals surface area contributed by atoms with Crippen LogP contribution in [0.15, 0.2) is 41.6 Å². The first kappa shape index (κ1) is 30.4. The van der Waals surface area contributed by atoms with Gasteiger partial charge in [-0.1, -0.05) is 0 Å². The Hall–Kier alpha value is -4.04. The zero-order valence-corrected chi connectivity index (χ0v) is 24.0. The molecule has 2 fully saturated rings. The Labute approximate surface area is 245 Å². The number of benzene rings is 1. The number of aliphatic hydroxyl groups is 1. The minimum absolute atomic E-state index is 0.0480. The normalized spacial score (nSPS) is 19.4. The summed E-state index contributed by atoms with van der Waals surface area (Å²) in [6.45, 7) is 6.52. The molecular weight excluding hydrogens is 570 g/mol. The van der Waals surface area contributed by atoms with E-state index in [-0.39, 0.29) is 17.3 Å². The smallest absolute Gasteiger partial charge is 0.390 e. The van der Waals surface area contributed by atoms with E-state index in [1.165, 1.54) is 24.5 Å². The lowest BCUT2D eigenvalue weighted by molar-refractivity contribution is -0.138. The van der Waals surface area contributed by atoms with Gasteiger partial charge in [0.1, 0.15) is 5.82 Å². The molecule has 14 heteroatoms. The van der Waals surface area contributed by atoms with Crippen LogP contribution in [0.2, 0.25) is 0 Å². The topological polar surface area (TPSA) is 118 Å². The summed E-state index contributed by atoms with van der Waals surface area (Å²) in [5.41, 5.74) is -3.15. The zero-order valence-electron chi connectivity index (χ0n) is 24.0. The van der Waals surface area contributed by atoms with Gasteiger partial charge >= 0.3 is 6.18 Å². The summed E-state index contributed by atoms with van der Waals surface area (Å²) < 4.78 is 56.8. The molecule has 2 saturated heterocycles. The van der Waals surface area contributed by atoms with Crippen molar-refractivity contribution in [2.75, 3.05) is 54.9 Å². The van der Waals surface area contributed by atoms with Crippen LogP contribution in [0.25, 0.3) is 11.1 Å². The van der Waals surface area contributed by atoms with Crippen molar-refractivity contribution in [3.05, 3.63) is 64.1 Å². The van der Waals surface area contributed by atoms with E-state index in [1.54, 1.807) is 6.92 Å². The van der Waals surface area contributed by atoms with Gasteiger partial charge in [0.2, 0.25) is 11.5 Å². The first-order valence-corrected chi connectivity index (χ1v) is 13.9. The molecule has 0 bridgehead atoms. The molecule has 3 N–H and O–H groups in total. The van der Waals surface area contributed by atoms with Gasteiger partial charge in [-0.3, -0.25) is 9.59 Å². The van der Waals surface area contributed by atoms with Crippen LogP contribution in [0.1, 0.15) is 42.6 Å². The molecule has 2 aromatic heterocycles. The minimum Gasteiger partial charge on any atom is -0.390 e. The number of hydrogen-bond acceptors (Lipinski definition) is 8. The summed E-state index contributed by atoms with van der Waals surface area (Å²) in [5.74, 6) is -1.31. The maximum atomic E-state index is 15.7. The largest absolute Gasteiger partial charge is 0.417 e. The standard InChI is InChI=1S/C29H33F4N7O3/c1-17-16-40(9-8-38(17)3)24-12-22(30)19(18-13-35-27(36-14-18)39-6-4-28(2,43)5-7-39)10-23(24)37-26(42)20-15-34-25(41)11-21(20)29(31,32)33/h10-15,17,43H,4-9,16H2,1-3H3,(H,34,41)(H,37,42)/t17-/m0/s1. The van der Waals surface area contributed by atoms with E-state index in [1.807, 2.05) is 23.8 Å². The van der Waals surface area contributed by atoms with Crippen LogP contribution in [-0.4, -0.2) is 82.3 Å². The number of carbonyl (C=O) groups is 1. The quantitative estimate of drug-likeness (QED) is 0.378. The Morgan fingerprint density at radius 1 is 1.09 bits per heavy atom. The Morgan fingerprint density at radius 2 is 1.77 bits per heavy atom. The number of aromatic nitrogens is 3. The average Bonchev–Trinajstić information content (AvgIpc) is 2.95. The van der Waals surface area contributed by atoms with E-state index in [0.29, 0.717) is 68.8 Å². The van der Waals surface area contributed by atoms with Crippen LogP contribution in [-0.2, 0) is 6.18 Å². The number of H-pyrrole nitrogens is 1. The molecule has 5 rings (SSSR count). The second-order valence-electron chi connectivity index (χ2n) is 11.5. The Balaban J connectivity index is 1.50. The van der Waals surface area contributed by atoms with Crippen LogP contribution >= 0.6 is 0 Å². The number of hydrogen-bond donors (Lipinski definition) is 3. The van der Waals surface area contributed by atoms with E-state index < -0.39 is 40.2 Å². The molecule has 0 saturated carbocycles. The van der Waals surface area contributed by atoms with Crippen LogP contribution in [0, 0.1) is 5.82 Å². The van der Waals surface area contributed by atoms with Crippen molar-refractivity contribution < 1.29 is 27.5 Å². The van der Waals surface area contributed by atoms with Crippen molar-refractivity contribution >= 4 is 23.2 Å². The molecule has 0 aliphatic carbocycles. The van der Waals surface area contributed by atoms with Gasteiger partial charge in [-0.25, -0.2) is 14.4 Å². The van der Waals surface area contributed by atoms with Gasteiger partial charge in [-0.05, 0) is 45.9 Å². The van der Waals surface area contributed by atoms with E-state index in [9.17, 15) is 27.9 Å². The van der Waals surface area contributed by atoms with Crippen molar-refractivity contribution in [3.8, 4) is 11.1 Å². The average molecular weight is 604 g/mol. The summed E-state index contributed by atoms with van der Waals surface area (Å²) in [4.78, 5) is 41.7. The lowest BCUT2D eigenvalue weighted by Gasteiger charge is -2.39. The summed E-state index contributed by atoms with van der Waals surface area (Å²) in [7, 11) is 1.96. The van der Waals surface area contributed by atoms with Crippen molar-refractivity contribution in [2.24, 2.45) is 0 Å². The molecule has 43 heavy (non-hydrogen) atoms. The monoisotopic (exact) mass is 603 g/mol. The van der Waals surface area contributed by atoms with Crippen molar-refractivity contribution in [1.29, 1.82) is 0 Å². The maximum Gasteiger partial charge on any atom is 0.417 e. The molecular formula is C29H33F4N7O3. The molecule has 0 unspecified atom stereocenters. The van der Waals surface area contributed by atoms with E-state index in [2.05, 4.69) is 25.2 Å². The highest BCUT2D eigenvalue weighted by molar-refractivity contribution is 6.07. The fourth-order valence-corrected chi connectivity index (χ4v) is 5.31. The summed E-state index contributed by atoms with van der Waals surface area (Å²) >= 11 is 0. The molecule has 2 aliphatic heterocycles. The number of nitrogens with one attached hydrogen (secondary N) is 2. The van der Waals surface area contributed by atoms with Crippen molar-refractivity contribution in [1.82, 2.24) is 19.9 Å². The summed E-state index contributed by atoms with van der Waals surface area (Å²) in [6, 6.07) is 3.04. The number of piperazine rings is 1. The first-order valence-electron chi connectivity index (χ1n) is 13.9. The van der Waals surface area contributed by atoms with Gasteiger partial charge in [0.15, 0.2) is 0 Å². The van der Waals surface area contributed by atoms with E-state index in [4.69, 9.17) is 0 Å². The molecule has 0 spiro atoms. The molecule has 1 amide bonds. The van der Waals surface area contributed by atoms with Crippen molar-refractivity contribution in [3.63, 3.8) is 0 Å². The molecule has 3 aromatic rings. The van der Waals surface area contributed by atoms with Gasteiger partial charge in [0.25, 0.3) is 5.91 Å². The summed E-state index contributed by atoms with van der Waals surface area (Å²) in [6.07, 6.45) is -0.245. The number of pyridine rings is 1. The Bertz CT molecular complexity index is 1550. The van der Waals surface area contributed by atoms with Gasteiger partial charge in [0.05, 0.1) is 28.1 Å². The van der Waals surface area contributed by atoms with Gasteiger partial charge in [-0.2, -0.15) is 13.2 Å². The third-order valence-electron chi connectivity index (χ3n) is 8.18. The van der Waals surface area contributed by atoms with E-state index in [0.717, 1.165) is 6.20 Å². The highest BCUT2D eigenvalue weighted by atomic mass is 19.4. The second-order valence-corrected chi connectivity index (χ2v) is 11.5. The third kappa shape index (κ3) is 6.64. The van der Waals surface area contributed by atoms with Crippen molar-refractivity contribution in [2.45, 2.75) is 44.5 Å². The molecule has 2 aliphatic rings. The predicted molar refractivity (Wildman–Crippen MR) is 154 cm³/mol. The molecule has 1 atom stereocenters. The molecule has 1 aromatic carbocycles. The Kier molecular flexibility index (Phi) is 8.18. The second kappa shape index (κ2) is 11.6. The maximum absolute atomic E-state index is 15.7. The number of amides is 1. The molecule has 230 valence electrons. The van der Waals surface area contributed by atoms with Crippen LogP contribution in [0.4, 0.5) is 34.9 Å². The number of anilines is 3. The first-order chi connectivity index (χ1) is 20.2. The highest BCUT2D eigenvalue weighted by Gasteiger charge is 2.36. The number of carbonyl (C=O) groups excluding carboxylic acids is 1. The number of nitrogens with zero attached hydrogens (tertiary/aromatic N) is 5. The molecule has 4 heterocycles.